The number of methoxy groups -OCH3 is 1. The molecule has 4 rings (SSSR count). The quantitative estimate of drug-likeness (QED) is 0.493. The van der Waals surface area contributed by atoms with Crippen molar-refractivity contribution in [2.24, 2.45) is 0 Å². The Morgan fingerprint density at radius 3 is 2.47 bits per heavy atom. The Kier molecular flexibility index (Phi) is 6.20. The smallest absolute Gasteiger partial charge is 0.327 e. The van der Waals surface area contributed by atoms with Crippen LogP contribution >= 0.6 is 0 Å². The number of urea groups is 1. The van der Waals surface area contributed by atoms with Crippen molar-refractivity contribution in [3.05, 3.63) is 60.1 Å². The van der Waals surface area contributed by atoms with Gasteiger partial charge in [-0.25, -0.2) is 4.79 Å². The van der Waals surface area contributed by atoms with Gasteiger partial charge in [0.15, 0.2) is 0 Å². The summed E-state index contributed by atoms with van der Waals surface area (Å²) in [7, 11) is 1.66. The zero-order chi connectivity index (χ0) is 21.0. The van der Waals surface area contributed by atoms with Crippen LogP contribution in [0.3, 0.4) is 0 Å². The standard InChI is InChI=1S/C23H29N3O4/c1-29-14-5-11-26-22(28)25(17-19-6-3-2-4-7-19)21(27)23(26)9-12-24(13-10-23)16-20-8-15-30-18-20/h2-4,6-8,15,18H,5,9-14,16-17H2,1H3. The van der Waals surface area contributed by atoms with Crippen molar-refractivity contribution < 1.29 is 18.7 Å². The number of amides is 3. The molecule has 0 atom stereocenters. The summed E-state index contributed by atoms with van der Waals surface area (Å²) in [6, 6.07) is 11.5. The molecule has 0 radical (unpaired) electrons. The summed E-state index contributed by atoms with van der Waals surface area (Å²) in [5.74, 6) is -0.0586. The zero-order valence-corrected chi connectivity index (χ0v) is 17.5. The minimum Gasteiger partial charge on any atom is -0.472 e. The van der Waals surface area contributed by atoms with Gasteiger partial charge in [-0.2, -0.15) is 0 Å². The Labute approximate surface area is 177 Å². The fourth-order valence-corrected chi connectivity index (χ4v) is 4.57. The number of rotatable bonds is 8. The van der Waals surface area contributed by atoms with Crippen LogP contribution in [-0.4, -0.2) is 65.5 Å². The molecule has 7 nitrogen and oxygen atoms in total. The maximum Gasteiger partial charge on any atom is 0.327 e. The summed E-state index contributed by atoms with van der Waals surface area (Å²) in [5.41, 5.74) is 1.35. The third kappa shape index (κ3) is 4.00. The minimum absolute atomic E-state index is 0.0586. The molecule has 2 saturated heterocycles. The number of ether oxygens (including phenoxy) is 1. The lowest BCUT2D eigenvalue weighted by Crippen LogP contribution is -2.56. The number of furan rings is 1. The van der Waals surface area contributed by atoms with E-state index in [0.717, 1.165) is 37.2 Å². The summed E-state index contributed by atoms with van der Waals surface area (Å²) >= 11 is 0. The summed E-state index contributed by atoms with van der Waals surface area (Å²) in [6.45, 7) is 3.75. The van der Waals surface area contributed by atoms with E-state index in [0.29, 0.717) is 32.5 Å². The van der Waals surface area contributed by atoms with Crippen LogP contribution in [0.25, 0.3) is 0 Å². The molecule has 2 aliphatic heterocycles. The lowest BCUT2D eigenvalue weighted by Gasteiger charge is -2.42. The molecule has 1 spiro atoms. The molecule has 0 N–H and O–H groups in total. The van der Waals surface area contributed by atoms with Crippen LogP contribution in [0.5, 0.6) is 0 Å². The van der Waals surface area contributed by atoms with Crippen molar-refractivity contribution in [2.75, 3.05) is 33.4 Å². The molecule has 0 aliphatic carbocycles. The van der Waals surface area contributed by atoms with E-state index in [1.807, 2.05) is 41.3 Å². The predicted octanol–water partition coefficient (Wildman–Crippen LogP) is 3.12. The summed E-state index contributed by atoms with van der Waals surface area (Å²) in [4.78, 5) is 32.4. The molecule has 160 valence electrons. The second kappa shape index (κ2) is 9.02. The zero-order valence-electron chi connectivity index (χ0n) is 17.5. The number of imide groups is 1. The molecular weight excluding hydrogens is 382 g/mol. The minimum atomic E-state index is -0.744. The highest BCUT2D eigenvalue weighted by molar-refractivity contribution is 6.07. The van der Waals surface area contributed by atoms with E-state index >= 15 is 0 Å². The second-order valence-corrected chi connectivity index (χ2v) is 8.10. The Bertz CT molecular complexity index is 845. The van der Waals surface area contributed by atoms with E-state index in [-0.39, 0.29) is 11.9 Å². The number of piperidine rings is 1. The lowest BCUT2D eigenvalue weighted by molar-refractivity contribution is -0.136. The number of likely N-dealkylation sites (tertiary alicyclic amines) is 1. The van der Waals surface area contributed by atoms with Crippen molar-refractivity contribution in [1.82, 2.24) is 14.7 Å². The van der Waals surface area contributed by atoms with E-state index in [2.05, 4.69) is 4.90 Å². The number of nitrogens with zero attached hydrogens (tertiary/aromatic N) is 3. The maximum atomic E-state index is 13.6. The molecule has 1 aromatic carbocycles. The Hall–Kier alpha value is -2.64. The van der Waals surface area contributed by atoms with Gasteiger partial charge in [0.2, 0.25) is 0 Å². The largest absolute Gasteiger partial charge is 0.472 e. The molecule has 0 bridgehead atoms. The lowest BCUT2D eigenvalue weighted by atomic mass is 9.85. The first-order valence-electron chi connectivity index (χ1n) is 10.5. The highest BCUT2D eigenvalue weighted by Gasteiger charge is 2.57. The number of carbonyl (C=O) groups excluding carboxylic acids is 2. The molecule has 2 fully saturated rings. The molecule has 3 heterocycles. The van der Waals surface area contributed by atoms with E-state index in [1.54, 1.807) is 19.6 Å². The fourth-order valence-electron chi connectivity index (χ4n) is 4.57. The normalized spacial score (nSPS) is 19.2. The third-order valence-electron chi connectivity index (χ3n) is 6.20. The SMILES string of the molecule is COCCCN1C(=O)N(Cc2ccccc2)C(=O)C12CCN(Cc1ccoc1)CC2. The first-order chi connectivity index (χ1) is 14.6. The van der Waals surface area contributed by atoms with Gasteiger partial charge in [0.05, 0.1) is 19.1 Å². The van der Waals surface area contributed by atoms with Crippen molar-refractivity contribution in [3.63, 3.8) is 0 Å². The van der Waals surface area contributed by atoms with E-state index in [1.165, 1.54) is 4.90 Å². The second-order valence-electron chi connectivity index (χ2n) is 8.10. The van der Waals surface area contributed by atoms with Gasteiger partial charge in [-0.1, -0.05) is 30.3 Å². The highest BCUT2D eigenvalue weighted by atomic mass is 16.5. The molecule has 7 heteroatoms. The van der Waals surface area contributed by atoms with E-state index in [4.69, 9.17) is 9.15 Å². The monoisotopic (exact) mass is 411 g/mol. The molecule has 2 aromatic rings. The van der Waals surface area contributed by atoms with Gasteiger partial charge >= 0.3 is 6.03 Å². The van der Waals surface area contributed by atoms with Crippen LogP contribution in [-0.2, 0) is 22.6 Å². The van der Waals surface area contributed by atoms with Gasteiger partial charge in [0.25, 0.3) is 5.91 Å². The van der Waals surface area contributed by atoms with Crippen LogP contribution in [0.1, 0.15) is 30.4 Å². The van der Waals surface area contributed by atoms with Crippen LogP contribution in [0.2, 0.25) is 0 Å². The van der Waals surface area contributed by atoms with Gasteiger partial charge < -0.3 is 14.1 Å². The van der Waals surface area contributed by atoms with E-state index < -0.39 is 5.54 Å². The van der Waals surface area contributed by atoms with Gasteiger partial charge in [0.1, 0.15) is 5.54 Å². The van der Waals surface area contributed by atoms with Gasteiger partial charge in [-0.15, -0.1) is 0 Å². The number of hydrogen-bond acceptors (Lipinski definition) is 5. The summed E-state index contributed by atoms with van der Waals surface area (Å²) < 4.78 is 10.4. The maximum absolute atomic E-state index is 13.6. The Morgan fingerprint density at radius 1 is 1.03 bits per heavy atom. The average molecular weight is 412 g/mol. The van der Waals surface area contributed by atoms with Crippen LogP contribution in [0.15, 0.2) is 53.3 Å². The van der Waals surface area contributed by atoms with Crippen molar-refractivity contribution in [2.45, 2.75) is 37.9 Å². The van der Waals surface area contributed by atoms with Crippen LogP contribution < -0.4 is 0 Å². The first-order valence-corrected chi connectivity index (χ1v) is 10.5. The number of carbonyl (C=O) groups is 2. The Morgan fingerprint density at radius 2 is 1.80 bits per heavy atom. The molecule has 3 amide bonds. The third-order valence-corrected chi connectivity index (χ3v) is 6.20. The molecule has 0 saturated carbocycles. The molecule has 2 aliphatic rings. The van der Waals surface area contributed by atoms with Crippen molar-refractivity contribution in [1.29, 1.82) is 0 Å². The topological polar surface area (TPSA) is 66.2 Å². The molecule has 0 unspecified atom stereocenters. The molecule has 30 heavy (non-hydrogen) atoms. The van der Waals surface area contributed by atoms with Gasteiger partial charge in [-0.3, -0.25) is 14.6 Å². The fraction of sp³-hybridized carbons (Fsp3) is 0.478. The first kappa shape index (κ1) is 20.6. The molecular formula is C23H29N3O4. The highest BCUT2D eigenvalue weighted by Crippen LogP contribution is 2.38. The average Bonchev–Trinajstić information content (AvgIpc) is 3.34. The van der Waals surface area contributed by atoms with Gasteiger partial charge in [-0.05, 0) is 30.9 Å². The van der Waals surface area contributed by atoms with Crippen LogP contribution in [0.4, 0.5) is 4.79 Å². The Balaban J connectivity index is 1.51. The summed E-state index contributed by atoms with van der Waals surface area (Å²) in [6.07, 6.45) is 5.45. The predicted molar refractivity (Wildman–Crippen MR) is 112 cm³/mol. The van der Waals surface area contributed by atoms with Crippen molar-refractivity contribution in [3.8, 4) is 0 Å². The summed E-state index contributed by atoms with van der Waals surface area (Å²) in [5, 5.41) is 0. The van der Waals surface area contributed by atoms with Crippen LogP contribution in [0, 0.1) is 0 Å². The number of hydrogen-bond donors (Lipinski definition) is 0. The van der Waals surface area contributed by atoms with E-state index in [9.17, 15) is 9.59 Å². The van der Waals surface area contributed by atoms with Gasteiger partial charge in [0, 0.05) is 45.5 Å². The number of benzene rings is 1. The molecule has 1 aromatic heterocycles. The van der Waals surface area contributed by atoms with Crippen molar-refractivity contribution >= 4 is 11.9 Å².